The van der Waals surface area contributed by atoms with Crippen molar-refractivity contribution in [2.45, 2.75) is 53.1 Å². The molecule has 0 heterocycles. The number of allylic oxidation sites excluding steroid dienone is 1. The van der Waals surface area contributed by atoms with Gasteiger partial charge in [0.2, 0.25) is 0 Å². The molecule has 0 bridgehead atoms. The highest BCUT2D eigenvalue weighted by Gasteiger charge is 2.29. The normalized spacial score (nSPS) is 12.7. The topological polar surface area (TPSA) is 35.2 Å². The number of hydrogen-bond acceptors (Lipinski definition) is 2. The lowest BCUT2D eigenvalue weighted by molar-refractivity contribution is -0.00222. The van der Waals surface area contributed by atoms with Crippen LogP contribution in [-0.2, 0) is 4.74 Å². The first-order valence-electron chi connectivity index (χ1n) is 5.23. The maximum Gasteiger partial charge on any atom is 0.103 e. The summed E-state index contributed by atoms with van der Waals surface area (Å²) in [6.45, 7) is 15.0. The van der Waals surface area contributed by atoms with Gasteiger partial charge in [0.05, 0.1) is 5.76 Å². The van der Waals surface area contributed by atoms with Crippen molar-refractivity contribution >= 4 is 0 Å². The minimum atomic E-state index is -0.148. The molecule has 2 nitrogen and oxygen atoms in total. The average molecular weight is 199 g/mol. The third kappa shape index (κ3) is 6.03. The van der Waals surface area contributed by atoms with Gasteiger partial charge in [0, 0.05) is 0 Å². The molecule has 2 heteroatoms. The fourth-order valence-corrected chi connectivity index (χ4v) is 2.14. The minimum Gasteiger partial charge on any atom is -0.493 e. The van der Waals surface area contributed by atoms with Gasteiger partial charge >= 0.3 is 0 Å². The van der Waals surface area contributed by atoms with Crippen molar-refractivity contribution in [3.63, 3.8) is 0 Å². The number of hydrogen-bond donors (Lipinski definition) is 1. The van der Waals surface area contributed by atoms with Gasteiger partial charge in [-0.2, -0.15) is 0 Å². The van der Waals surface area contributed by atoms with Crippen molar-refractivity contribution in [3.05, 3.63) is 12.3 Å². The van der Waals surface area contributed by atoms with Crippen LogP contribution < -0.4 is 5.73 Å². The molecule has 0 aliphatic heterocycles. The number of rotatable bonds is 6. The first-order chi connectivity index (χ1) is 6.18. The molecule has 0 aliphatic carbocycles. The smallest absolute Gasteiger partial charge is 0.103 e. The third-order valence-corrected chi connectivity index (χ3v) is 2.18. The number of ether oxygens (including phenoxy) is 1. The molecule has 0 amide bonds. The molecule has 0 spiro atoms. The van der Waals surface area contributed by atoms with E-state index in [1.165, 1.54) is 0 Å². The maximum atomic E-state index is 5.68. The van der Waals surface area contributed by atoms with Crippen molar-refractivity contribution in [2.24, 2.45) is 11.1 Å². The molecule has 0 atom stereocenters. The summed E-state index contributed by atoms with van der Waals surface area (Å²) in [5.74, 6) is 0.776. The molecule has 0 aromatic rings. The van der Waals surface area contributed by atoms with Crippen molar-refractivity contribution in [1.82, 2.24) is 0 Å². The Hall–Kier alpha value is -0.500. The summed E-state index contributed by atoms with van der Waals surface area (Å²) in [6, 6.07) is 0. The summed E-state index contributed by atoms with van der Waals surface area (Å²) in [7, 11) is 0. The predicted octanol–water partition coefficient (Wildman–Crippen LogP) is 3.08. The largest absolute Gasteiger partial charge is 0.493 e. The second kappa shape index (κ2) is 4.83. The molecule has 0 aliphatic rings. The molecule has 2 N–H and O–H groups in total. The second-order valence-corrected chi connectivity index (χ2v) is 5.44. The molecule has 0 fully saturated rings. The Bertz CT molecular complexity index is 194. The van der Waals surface area contributed by atoms with Crippen LogP contribution in [0.3, 0.4) is 0 Å². The SMILES string of the molecule is C=C(C)OC(C)(C)CC(C)(C)CCN. The van der Waals surface area contributed by atoms with Crippen LogP contribution in [0.1, 0.15) is 47.5 Å². The summed E-state index contributed by atoms with van der Waals surface area (Å²) in [5, 5.41) is 0. The molecule has 0 saturated heterocycles. The van der Waals surface area contributed by atoms with E-state index in [9.17, 15) is 0 Å². The molecule has 0 rings (SSSR count). The first-order valence-corrected chi connectivity index (χ1v) is 5.23. The fraction of sp³-hybridized carbons (Fsp3) is 0.833. The van der Waals surface area contributed by atoms with Crippen molar-refractivity contribution in [2.75, 3.05) is 6.54 Å². The average Bonchev–Trinajstić information content (AvgIpc) is 1.78. The Morgan fingerprint density at radius 2 is 1.79 bits per heavy atom. The van der Waals surface area contributed by atoms with Crippen LogP contribution >= 0.6 is 0 Å². The third-order valence-electron chi connectivity index (χ3n) is 2.18. The van der Waals surface area contributed by atoms with E-state index < -0.39 is 0 Å². The van der Waals surface area contributed by atoms with Gasteiger partial charge in [0.1, 0.15) is 5.60 Å². The Kier molecular flexibility index (Phi) is 4.66. The van der Waals surface area contributed by atoms with E-state index in [0.29, 0.717) is 0 Å². The van der Waals surface area contributed by atoms with E-state index in [0.717, 1.165) is 25.1 Å². The van der Waals surface area contributed by atoms with Crippen molar-refractivity contribution in [1.29, 1.82) is 0 Å². The summed E-state index contributed by atoms with van der Waals surface area (Å²) >= 11 is 0. The second-order valence-electron chi connectivity index (χ2n) is 5.44. The van der Waals surface area contributed by atoms with Crippen LogP contribution in [0.5, 0.6) is 0 Å². The standard InChI is InChI=1S/C12H25NO/c1-10(2)14-12(5,6)9-11(3,4)7-8-13/h1,7-9,13H2,2-6H3. The molecule has 14 heavy (non-hydrogen) atoms. The highest BCUT2D eigenvalue weighted by Crippen LogP contribution is 2.33. The van der Waals surface area contributed by atoms with Crippen LogP contribution in [0.25, 0.3) is 0 Å². The van der Waals surface area contributed by atoms with E-state index >= 15 is 0 Å². The zero-order valence-electron chi connectivity index (χ0n) is 10.3. The molecule has 0 unspecified atom stereocenters. The van der Waals surface area contributed by atoms with Crippen LogP contribution in [0, 0.1) is 5.41 Å². The Labute approximate surface area is 88.5 Å². The summed E-state index contributed by atoms with van der Waals surface area (Å²) in [5.41, 5.74) is 5.66. The Morgan fingerprint density at radius 3 is 2.14 bits per heavy atom. The van der Waals surface area contributed by atoms with Crippen molar-refractivity contribution < 1.29 is 4.74 Å². The van der Waals surface area contributed by atoms with Crippen LogP contribution in [0.4, 0.5) is 0 Å². The van der Waals surface area contributed by atoms with Crippen LogP contribution in [0.2, 0.25) is 0 Å². The van der Waals surface area contributed by atoms with Crippen LogP contribution in [0.15, 0.2) is 12.3 Å². The van der Waals surface area contributed by atoms with Crippen molar-refractivity contribution in [3.8, 4) is 0 Å². The van der Waals surface area contributed by atoms with E-state index in [-0.39, 0.29) is 11.0 Å². The molecule has 0 aromatic heterocycles. The summed E-state index contributed by atoms with van der Waals surface area (Å²) < 4.78 is 5.68. The highest BCUT2D eigenvalue weighted by atomic mass is 16.5. The zero-order chi connectivity index (χ0) is 11.4. The zero-order valence-corrected chi connectivity index (χ0v) is 10.3. The van der Waals surface area contributed by atoms with Gasteiger partial charge in [-0.1, -0.05) is 20.4 Å². The first kappa shape index (κ1) is 13.5. The lowest BCUT2D eigenvalue weighted by atomic mass is 9.79. The lowest BCUT2D eigenvalue weighted by Crippen LogP contribution is -2.32. The fourth-order valence-electron chi connectivity index (χ4n) is 2.14. The van der Waals surface area contributed by atoms with Gasteiger partial charge in [0.15, 0.2) is 0 Å². The maximum absolute atomic E-state index is 5.68. The van der Waals surface area contributed by atoms with Gasteiger partial charge in [0.25, 0.3) is 0 Å². The molecular formula is C12H25NO. The Balaban J connectivity index is 4.25. The molecule has 0 saturated carbocycles. The molecule has 0 aromatic carbocycles. The van der Waals surface area contributed by atoms with Gasteiger partial charge in [-0.05, 0) is 45.6 Å². The van der Waals surface area contributed by atoms with E-state index in [2.05, 4.69) is 34.3 Å². The molecule has 84 valence electrons. The van der Waals surface area contributed by atoms with E-state index in [1.54, 1.807) is 0 Å². The van der Waals surface area contributed by atoms with Gasteiger partial charge < -0.3 is 10.5 Å². The van der Waals surface area contributed by atoms with Gasteiger partial charge in [-0.3, -0.25) is 0 Å². The van der Waals surface area contributed by atoms with E-state index in [4.69, 9.17) is 10.5 Å². The quantitative estimate of drug-likeness (QED) is 0.667. The molecule has 0 radical (unpaired) electrons. The van der Waals surface area contributed by atoms with E-state index in [1.807, 2.05) is 6.92 Å². The predicted molar refractivity (Wildman–Crippen MR) is 62.0 cm³/mol. The summed E-state index contributed by atoms with van der Waals surface area (Å²) in [4.78, 5) is 0. The monoisotopic (exact) mass is 199 g/mol. The lowest BCUT2D eigenvalue weighted by Gasteiger charge is -2.35. The Morgan fingerprint density at radius 1 is 1.29 bits per heavy atom. The summed E-state index contributed by atoms with van der Waals surface area (Å²) in [6.07, 6.45) is 2.01. The van der Waals surface area contributed by atoms with Gasteiger partial charge in [-0.15, -0.1) is 0 Å². The number of nitrogens with two attached hydrogens (primary N) is 1. The van der Waals surface area contributed by atoms with Gasteiger partial charge in [-0.25, -0.2) is 0 Å². The highest BCUT2D eigenvalue weighted by molar-refractivity contribution is 4.86. The van der Waals surface area contributed by atoms with Crippen LogP contribution in [-0.4, -0.2) is 12.1 Å². The minimum absolute atomic E-state index is 0.148. The molecular weight excluding hydrogens is 174 g/mol.